The van der Waals surface area contributed by atoms with Gasteiger partial charge in [-0.25, -0.2) is 0 Å². The summed E-state index contributed by atoms with van der Waals surface area (Å²) in [5.74, 6) is 2.31. The topological polar surface area (TPSA) is 38.5 Å². The molecule has 5 unspecified atom stereocenters. The Hall–Kier alpha value is -0.120. The smallest absolute Gasteiger partial charge is 0.0724 e. The van der Waals surface area contributed by atoms with Crippen molar-refractivity contribution in [2.45, 2.75) is 58.1 Å². The van der Waals surface area contributed by atoms with E-state index in [1.54, 1.807) is 0 Å². The van der Waals surface area contributed by atoms with E-state index in [1.807, 2.05) is 7.11 Å². The Morgan fingerprint density at radius 1 is 1.26 bits per heavy atom. The monoisotopic (exact) mass is 268 g/mol. The van der Waals surface area contributed by atoms with Gasteiger partial charge in [-0.05, 0) is 50.0 Å². The summed E-state index contributed by atoms with van der Waals surface area (Å²) < 4.78 is 5.62. The molecule has 0 bridgehead atoms. The van der Waals surface area contributed by atoms with E-state index in [4.69, 9.17) is 10.5 Å². The van der Waals surface area contributed by atoms with Gasteiger partial charge in [-0.1, -0.05) is 20.3 Å². The molecule has 0 aromatic carbocycles. The highest BCUT2D eigenvalue weighted by molar-refractivity contribution is 4.87. The Morgan fingerprint density at radius 2 is 2.05 bits per heavy atom. The van der Waals surface area contributed by atoms with E-state index < -0.39 is 0 Å². The summed E-state index contributed by atoms with van der Waals surface area (Å²) in [7, 11) is 1.85. The van der Waals surface area contributed by atoms with Crippen LogP contribution in [-0.4, -0.2) is 43.8 Å². The van der Waals surface area contributed by atoms with E-state index >= 15 is 0 Å². The maximum absolute atomic E-state index is 6.35. The summed E-state index contributed by atoms with van der Waals surface area (Å²) >= 11 is 0. The summed E-state index contributed by atoms with van der Waals surface area (Å²) in [6.45, 7) is 8.13. The van der Waals surface area contributed by atoms with Crippen molar-refractivity contribution in [1.82, 2.24) is 4.90 Å². The first kappa shape index (κ1) is 15.3. The van der Waals surface area contributed by atoms with Gasteiger partial charge < -0.3 is 15.4 Å². The lowest BCUT2D eigenvalue weighted by Crippen LogP contribution is -2.49. The van der Waals surface area contributed by atoms with Gasteiger partial charge in [-0.15, -0.1) is 0 Å². The van der Waals surface area contributed by atoms with E-state index in [1.165, 1.54) is 45.2 Å². The minimum atomic E-state index is 0.413. The van der Waals surface area contributed by atoms with Gasteiger partial charge in [0.05, 0.1) is 6.10 Å². The third kappa shape index (κ3) is 3.93. The number of nitrogens with zero attached hydrogens (tertiary/aromatic N) is 1. The van der Waals surface area contributed by atoms with E-state index in [0.717, 1.165) is 12.5 Å². The first-order valence-electron chi connectivity index (χ1n) is 8.14. The first-order valence-corrected chi connectivity index (χ1v) is 8.14. The van der Waals surface area contributed by atoms with E-state index in [0.29, 0.717) is 24.0 Å². The molecule has 0 aromatic heterocycles. The molecule has 5 atom stereocenters. The van der Waals surface area contributed by atoms with Gasteiger partial charge in [0.15, 0.2) is 0 Å². The lowest BCUT2D eigenvalue weighted by atomic mass is 9.77. The van der Waals surface area contributed by atoms with Crippen molar-refractivity contribution in [3.63, 3.8) is 0 Å². The van der Waals surface area contributed by atoms with Crippen LogP contribution in [0.15, 0.2) is 0 Å². The van der Waals surface area contributed by atoms with Crippen LogP contribution >= 0.6 is 0 Å². The van der Waals surface area contributed by atoms with Crippen molar-refractivity contribution in [3.8, 4) is 0 Å². The average Bonchev–Trinajstić information content (AvgIpc) is 2.43. The molecule has 1 saturated carbocycles. The van der Waals surface area contributed by atoms with E-state index in [9.17, 15) is 0 Å². The molecular weight excluding hydrogens is 236 g/mol. The second-order valence-corrected chi connectivity index (χ2v) is 6.81. The Kier molecular flexibility index (Phi) is 5.67. The summed E-state index contributed by atoms with van der Waals surface area (Å²) in [4.78, 5) is 2.59. The molecule has 1 aliphatic carbocycles. The van der Waals surface area contributed by atoms with Crippen LogP contribution in [0.3, 0.4) is 0 Å². The van der Waals surface area contributed by atoms with Crippen molar-refractivity contribution < 1.29 is 4.74 Å². The van der Waals surface area contributed by atoms with Crippen molar-refractivity contribution >= 4 is 0 Å². The van der Waals surface area contributed by atoms with Gasteiger partial charge in [-0.3, -0.25) is 0 Å². The van der Waals surface area contributed by atoms with Crippen molar-refractivity contribution in [1.29, 1.82) is 0 Å². The fourth-order valence-corrected chi connectivity index (χ4v) is 3.87. The molecule has 1 aliphatic heterocycles. The summed E-state index contributed by atoms with van der Waals surface area (Å²) in [5.41, 5.74) is 6.35. The van der Waals surface area contributed by atoms with E-state index in [-0.39, 0.29) is 0 Å². The maximum atomic E-state index is 6.35. The number of hydrogen-bond donors (Lipinski definition) is 1. The zero-order valence-electron chi connectivity index (χ0n) is 13.0. The molecule has 2 N–H and O–H groups in total. The van der Waals surface area contributed by atoms with Crippen LogP contribution in [0.25, 0.3) is 0 Å². The minimum absolute atomic E-state index is 0.413. The highest BCUT2D eigenvalue weighted by Gasteiger charge is 2.32. The van der Waals surface area contributed by atoms with Crippen LogP contribution in [0.2, 0.25) is 0 Å². The minimum Gasteiger partial charge on any atom is -0.380 e. The lowest BCUT2D eigenvalue weighted by Gasteiger charge is -2.41. The molecule has 0 radical (unpaired) electrons. The number of piperidine rings is 1. The van der Waals surface area contributed by atoms with Gasteiger partial charge in [0.1, 0.15) is 0 Å². The largest absolute Gasteiger partial charge is 0.380 e. The molecule has 112 valence electrons. The van der Waals surface area contributed by atoms with Gasteiger partial charge in [0.2, 0.25) is 0 Å². The first-order chi connectivity index (χ1) is 9.13. The van der Waals surface area contributed by atoms with Gasteiger partial charge in [0, 0.05) is 26.2 Å². The number of hydrogen-bond acceptors (Lipinski definition) is 3. The third-order valence-electron chi connectivity index (χ3n) is 5.50. The Balaban J connectivity index is 1.85. The number of likely N-dealkylation sites (tertiary alicyclic amines) is 1. The standard InChI is InChI=1S/C16H32N2O/c1-4-13-5-6-15(17)14(9-13)10-18-8-7-12(2)16(11-18)19-3/h12-16H,4-11,17H2,1-3H3. The van der Waals surface area contributed by atoms with Crippen LogP contribution < -0.4 is 5.73 Å². The molecule has 0 amide bonds. The summed E-state index contributed by atoms with van der Waals surface area (Å²) in [6.07, 6.45) is 6.89. The number of methoxy groups -OCH3 is 1. The van der Waals surface area contributed by atoms with Crippen molar-refractivity contribution in [2.24, 2.45) is 23.5 Å². The molecule has 2 fully saturated rings. The molecule has 0 spiro atoms. The van der Waals surface area contributed by atoms with Gasteiger partial charge in [0.25, 0.3) is 0 Å². The van der Waals surface area contributed by atoms with Crippen LogP contribution in [0.1, 0.15) is 46.0 Å². The SMILES string of the molecule is CCC1CCC(N)C(CN2CCC(C)C(OC)C2)C1. The number of ether oxygens (including phenoxy) is 1. The quantitative estimate of drug-likeness (QED) is 0.851. The van der Waals surface area contributed by atoms with Gasteiger partial charge >= 0.3 is 0 Å². The fourth-order valence-electron chi connectivity index (χ4n) is 3.87. The fraction of sp³-hybridized carbons (Fsp3) is 1.00. The van der Waals surface area contributed by atoms with Crippen LogP contribution in [0.4, 0.5) is 0 Å². The van der Waals surface area contributed by atoms with Crippen LogP contribution in [-0.2, 0) is 4.74 Å². The van der Waals surface area contributed by atoms with Crippen molar-refractivity contribution in [3.05, 3.63) is 0 Å². The highest BCUT2D eigenvalue weighted by Crippen LogP contribution is 2.32. The molecule has 2 rings (SSSR count). The maximum Gasteiger partial charge on any atom is 0.0724 e. The lowest BCUT2D eigenvalue weighted by molar-refractivity contribution is -0.0131. The Labute approximate surface area is 118 Å². The number of nitrogens with two attached hydrogens (primary N) is 1. The zero-order chi connectivity index (χ0) is 13.8. The number of rotatable bonds is 4. The molecule has 1 saturated heterocycles. The van der Waals surface area contributed by atoms with E-state index in [2.05, 4.69) is 18.7 Å². The molecule has 3 nitrogen and oxygen atoms in total. The highest BCUT2D eigenvalue weighted by atomic mass is 16.5. The molecule has 1 heterocycles. The second kappa shape index (κ2) is 7.05. The normalized spacial score (nSPS) is 41.4. The van der Waals surface area contributed by atoms with Crippen LogP contribution in [0, 0.1) is 17.8 Å². The Morgan fingerprint density at radius 3 is 2.74 bits per heavy atom. The molecule has 0 aromatic rings. The summed E-state index contributed by atoms with van der Waals surface area (Å²) in [5, 5.41) is 0. The average molecular weight is 268 g/mol. The van der Waals surface area contributed by atoms with Gasteiger partial charge in [-0.2, -0.15) is 0 Å². The van der Waals surface area contributed by atoms with Crippen molar-refractivity contribution in [2.75, 3.05) is 26.7 Å². The summed E-state index contributed by atoms with van der Waals surface area (Å²) in [6, 6.07) is 0.420. The predicted molar refractivity (Wildman–Crippen MR) is 80.1 cm³/mol. The van der Waals surface area contributed by atoms with Crippen LogP contribution in [0.5, 0.6) is 0 Å². The second-order valence-electron chi connectivity index (χ2n) is 6.81. The molecular formula is C16H32N2O. The zero-order valence-corrected chi connectivity index (χ0v) is 13.0. The Bertz CT molecular complexity index is 271. The third-order valence-corrected chi connectivity index (χ3v) is 5.50. The molecule has 19 heavy (non-hydrogen) atoms. The predicted octanol–water partition coefficient (Wildman–Crippen LogP) is 2.50. The molecule has 3 heteroatoms. The molecule has 2 aliphatic rings.